The van der Waals surface area contributed by atoms with Crippen molar-refractivity contribution in [2.45, 2.75) is 12.2 Å². The number of hydrogen-bond donors (Lipinski definition) is 2. The smallest absolute Gasteiger partial charge is 0.311 e. The Balaban J connectivity index is 3.76. The number of halogens is 1. The second-order valence-corrected chi connectivity index (χ2v) is 2.43. The highest BCUT2D eigenvalue weighted by Gasteiger charge is 2.25. The van der Waals surface area contributed by atoms with E-state index in [-0.39, 0.29) is 5.33 Å². The van der Waals surface area contributed by atoms with Gasteiger partial charge in [-0.1, -0.05) is 15.9 Å². The molecule has 4 nitrogen and oxygen atoms in total. The monoisotopic (exact) mass is 212 g/mol. The minimum Gasteiger partial charge on any atom is -0.469 e. The third-order valence-corrected chi connectivity index (χ3v) is 1.77. The summed E-state index contributed by atoms with van der Waals surface area (Å²) in [5.74, 6) is -2.64. The molecular weight excluding hydrogens is 204 g/mol. The highest BCUT2D eigenvalue weighted by atomic mass is 79.9. The van der Waals surface area contributed by atoms with E-state index in [4.69, 9.17) is 10.2 Å². The zero-order valence-electron chi connectivity index (χ0n) is 5.50. The van der Waals surface area contributed by atoms with Gasteiger partial charge in [0, 0.05) is 0 Å². The number of aliphatic hydroxyl groups is 2. The van der Waals surface area contributed by atoms with Crippen molar-refractivity contribution < 1.29 is 19.7 Å². The van der Waals surface area contributed by atoms with E-state index in [0.29, 0.717) is 0 Å². The van der Waals surface area contributed by atoms with Crippen molar-refractivity contribution in [1.29, 1.82) is 0 Å². The van der Waals surface area contributed by atoms with Gasteiger partial charge in [-0.2, -0.15) is 0 Å². The molecule has 0 amide bonds. The van der Waals surface area contributed by atoms with Gasteiger partial charge in [0.05, 0.1) is 12.4 Å². The molecular formula is C5H9BrO4. The molecule has 0 aliphatic heterocycles. The zero-order valence-corrected chi connectivity index (χ0v) is 7.09. The maximum Gasteiger partial charge on any atom is 0.311 e. The first-order valence-electron chi connectivity index (χ1n) is 2.59. The molecule has 10 heavy (non-hydrogen) atoms. The van der Waals surface area contributed by atoms with Crippen molar-refractivity contribution >= 4 is 21.9 Å². The van der Waals surface area contributed by atoms with Crippen molar-refractivity contribution in [2.75, 3.05) is 12.4 Å². The van der Waals surface area contributed by atoms with Crippen LogP contribution >= 0.6 is 15.9 Å². The summed E-state index contributed by atoms with van der Waals surface area (Å²) in [6.07, 6.45) is -0.422. The van der Waals surface area contributed by atoms with E-state index in [1.807, 2.05) is 0 Å². The lowest BCUT2D eigenvalue weighted by Gasteiger charge is -2.16. The molecule has 0 unspecified atom stereocenters. The maximum atomic E-state index is 10.4. The van der Waals surface area contributed by atoms with Gasteiger partial charge >= 0.3 is 5.97 Å². The standard InChI is InChI=1S/C5H9BrO4/c1-10-4(7)2-5(8,9)3-6/h8-9H,2-3H2,1H3. The van der Waals surface area contributed by atoms with Gasteiger partial charge in [-0.15, -0.1) is 0 Å². The van der Waals surface area contributed by atoms with Crippen LogP contribution < -0.4 is 0 Å². The molecule has 5 heteroatoms. The van der Waals surface area contributed by atoms with Crippen molar-refractivity contribution in [1.82, 2.24) is 0 Å². The summed E-state index contributed by atoms with van der Waals surface area (Å²) in [5.41, 5.74) is 0. The highest BCUT2D eigenvalue weighted by molar-refractivity contribution is 9.09. The molecule has 0 fully saturated rings. The number of methoxy groups -OCH3 is 1. The van der Waals surface area contributed by atoms with Crippen LogP contribution in [0.25, 0.3) is 0 Å². The first-order chi connectivity index (χ1) is 4.52. The molecule has 2 N–H and O–H groups in total. The largest absolute Gasteiger partial charge is 0.469 e. The fourth-order valence-electron chi connectivity index (χ4n) is 0.351. The van der Waals surface area contributed by atoms with Crippen LogP contribution in [0.5, 0.6) is 0 Å². The van der Waals surface area contributed by atoms with Crippen molar-refractivity contribution in [3.05, 3.63) is 0 Å². The second-order valence-electron chi connectivity index (χ2n) is 1.87. The molecule has 0 saturated heterocycles. The molecule has 0 atom stereocenters. The van der Waals surface area contributed by atoms with E-state index in [1.165, 1.54) is 7.11 Å². The van der Waals surface area contributed by atoms with Gasteiger partial charge < -0.3 is 14.9 Å². The van der Waals surface area contributed by atoms with Gasteiger partial charge in [0.1, 0.15) is 6.42 Å². The quantitative estimate of drug-likeness (QED) is 0.381. The van der Waals surface area contributed by atoms with E-state index in [9.17, 15) is 4.79 Å². The number of rotatable bonds is 3. The normalized spacial score (nSPS) is 11.2. The minimum absolute atomic E-state index is 0.0743. The number of carbonyl (C=O) groups excluding carboxylic acids is 1. The molecule has 0 aromatic rings. The zero-order chi connectivity index (χ0) is 8.20. The fourth-order valence-corrected chi connectivity index (χ4v) is 0.549. The van der Waals surface area contributed by atoms with E-state index in [2.05, 4.69) is 20.7 Å². The lowest BCUT2D eigenvalue weighted by Crippen LogP contribution is -2.33. The molecule has 0 aromatic heterocycles. The Morgan fingerprint density at radius 1 is 1.70 bits per heavy atom. The molecule has 0 aromatic carbocycles. The van der Waals surface area contributed by atoms with Crippen LogP contribution in [0, 0.1) is 0 Å². The van der Waals surface area contributed by atoms with Gasteiger partial charge in [0.15, 0.2) is 5.79 Å². The van der Waals surface area contributed by atoms with Crippen molar-refractivity contribution in [3.63, 3.8) is 0 Å². The minimum atomic E-state index is -1.99. The summed E-state index contributed by atoms with van der Waals surface area (Å²) in [6, 6.07) is 0. The number of esters is 1. The molecule has 0 aliphatic rings. The Bertz CT molecular complexity index is 123. The number of alkyl halides is 1. The van der Waals surface area contributed by atoms with Crippen LogP contribution in [0.15, 0.2) is 0 Å². The second kappa shape index (κ2) is 3.90. The lowest BCUT2D eigenvalue weighted by atomic mass is 10.2. The number of hydrogen-bond acceptors (Lipinski definition) is 4. The molecule has 0 spiro atoms. The Morgan fingerprint density at radius 2 is 2.20 bits per heavy atom. The van der Waals surface area contributed by atoms with Crippen LogP contribution in [0.4, 0.5) is 0 Å². The predicted octanol–water partition coefficient (Wildman–Crippen LogP) is -0.375. The van der Waals surface area contributed by atoms with Crippen LogP contribution in [0.1, 0.15) is 6.42 Å². The molecule has 0 rings (SSSR count). The lowest BCUT2D eigenvalue weighted by molar-refractivity contribution is -0.171. The number of ether oxygens (including phenoxy) is 1. The van der Waals surface area contributed by atoms with Crippen LogP contribution in [-0.2, 0) is 9.53 Å². The van der Waals surface area contributed by atoms with Crippen molar-refractivity contribution in [3.8, 4) is 0 Å². The maximum absolute atomic E-state index is 10.4. The van der Waals surface area contributed by atoms with E-state index in [1.54, 1.807) is 0 Å². The average Bonchev–Trinajstić information content (AvgIpc) is 1.87. The van der Waals surface area contributed by atoms with Gasteiger partial charge in [-0.25, -0.2) is 0 Å². The van der Waals surface area contributed by atoms with Crippen molar-refractivity contribution in [2.24, 2.45) is 0 Å². The van der Waals surface area contributed by atoms with E-state index in [0.717, 1.165) is 0 Å². The topological polar surface area (TPSA) is 66.8 Å². The summed E-state index contributed by atoms with van der Waals surface area (Å²) in [7, 11) is 1.19. The van der Waals surface area contributed by atoms with E-state index >= 15 is 0 Å². The Hall–Kier alpha value is -0.130. The molecule has 0 aliphatic carbocycles. The van der Waals surface area contributed by atoms with Crippen LogP contribution in [0.2, 0.25) is 0 Å². The highest BCUT2D eigenvalue weighted by Crippen LogP contribution is 2.09. The summed E-state index contributed by atoms with van der Waals surface area (Å²) >= 11 is 2.82. The van der Waals surface area contributed by atoms with Crippen LogP contribution in [0.3, 0.4) is 0 Å². The average molecular weight is 213 g/mol. The predicted molar refractivity (Wildman–Crippen MR) is 37.6 cm³/mol. The number of carbonyl (C=O) groups is 1. The van der Waals surface area contributed by atoms with Crippen LogP contribution in [-0.4, -0.2) is 34.4 Å². The summed E-state index contributed by atoms with van der Waals surface area (Å²) < 4.78 is 4.21. The third kappa shape index (κ3) is 3.81. The molecule has 0 radical (unpaired) electrons. The van der Waals surface area contributed by atoms with Gasteiger partial charge in [-0.05, 0) is 0 Å². The van der Waals surface area contributed by atoms with Gasteiger partial charge in [0.2, 0.25) is 0 Å². The summed E-state index contributed by atoms with van der Waals surface area (Å²) in [4.78, 5) is 10.4. The molecule has 0 bridgehead atoms. The first kappa shape index (κ1) is 9.87. The first-order valence-corrected chi connectivity index (χ1v) is 3.71. The summed E-state index contributed by atoms with van der Waals surface area (Å²) in [5, 5.41) is 17.6. The van der Waals surface area contributed by atoms with Gasteiger partial charge in [-0.3, -0.25) is 4.79 Å². The fraction of sp³-hybridized carbons (Fsp3) is 0.800. The molecule has 60 valence electrons. The SMILES string of the molecule is COC(=O)CC(O)(O)CBr. The van der Waals surface area contributed by atoms with E-state index < -0.39 is 18.2 Å². The Labute approximate surface area is 66.9 Å². The van der Waals surface area contributed by atoms with Gasteiger partial charge in [0.25, 0.3) is 0 Å². The summed E-state index contributed by atoms with van der Waals surface area (Å²) in [6.45, 7) is 0. The molecule has 0 heterocycles. The Kier molecular flexibility index (Phi) is 3.85. The Morgan fingerprint density at radius 3 is 2.50 bits per heavy atom. The molecule has 0 saturated carbocycles. The third-order valence-electron chi connectivity index (χ3n) is 0.869.